The van der Waals surface area contributed by atoms with Crippen LogP contribution in [0.5, 0.6) is 0 Å². The fraction of sp³-hybridized carbons (Fsp3) is 0.611. The summed E-state index contributed by atoms with van der Waals surface area (Å²) < 4.78 is 5.18. The normalized spacial score (nSPS) is 16.9. The van der Waals surface area contributed by atoms with Crippen molar-refractivity contribution in [3.63, 3.8) is 0 Å². The Morgan fingerprint density at radius 3 is 2.87 bits per heavy atom. The third-order valence-electron chi connectivity index (χ3n) is 4.11. The lowest BCUT2D eigenvalue weighted by atomic mass is 10.2. The van der Waals surface area contributed by atoms with Crippen molar-refractivity contribution in [3.05, 3.63) is 29.8 Å². The molecule has 0 saturated carbocycles. The molecule has 0 radical (unpaired) electrons. The van der Waals surface area contributed by atoms with Gasteiger partial charge in [-0.1, -0.05) is 18.2 Å². The van der Waals surface area contributed by atoms with Gasteiger partial charge in [0, 0.05) is 38.0 Å². The van der Waals surface area contributed by atoms with Crippen LogP contribution in [0.1, 0.15) is 26.3 Å². The molecule has 0 fully saturated rings. The highest BCUT2D eigenvalue weighted by molar-refractivity contribution is 5.80. The quantitative estimate of drug-likeness (QED) is 0.596. The van der Waals surface area contributed by atoms with E-state index in [1.807, 2.05) is 0 Å². The first-order valence-corrected chi connectivity index (χ1v) is 8.54. The molecule has 2 N–H and O–H groups in total. The van der Waals surface area contributed by atoms with Gasteiger partial charge in [0.15, 0.2) is 5.96 Å². The van der Waals surface area contributed by atoms with Gasteiger partial charge >= 0.3 is 0 Å². The first kappa shape index (κ1) is 17.6. The van der Waals surface area contributed by atoms with Crippen molar-refractivity contribution in [1.82, 2.24) is 10.6 Å². The van der Waals surface area contributed by atoms with E-state index in [4.69, 9.17) is 9.73 Å². The standard InChI is InChI=1S/C18H30N4O/c1-5-19-18(21-14(2)13-23-4)20-12-15(3)22-11-10-16-8-6-7-9-17(16)22/h6-9,14-15H,5,10-13H2,1-4H3,(H2,19,20,21). The molecule has 1 aromatic carbocycles. The summed E-state index contributed by atoms with van der Waals surface area (Å²) in [6.07, 6.45) is 1.13. The lowest BCUT2D eigenvalue weighted by Crippen LogP contribution is -2.45. The first-order valence-electron chi connectivity index (χ1n) is 8.54. The van der Waals surface area contributed by atoms with Crippen molar-refractivity contribution in [2.24, 2.45) is 4.99 Å². The molecule has 1 aliphatic heterocycles. The Hall–Kier alpha value is -1.75. The predicted molar refractivity (Wildman–Crippen MR) is 97.4 cm³/mol. The number of ether oxygens (including phenoxy) is 1. The molecule has 128 valence electrons. The minimum absolute atomic E-state index is 0.237. The van der Waals surface area contributed by atoms with E-state index in [0.717, 1.165) is 32.0 Å². The minimum atomic E-state index is 0.237. The van der Waals surface area contributed by atoms with Crippen LogP contribution in [0, 0.1) is 0 Å². The number of methoxy groups -OCH3 is 1. The van der Waals surface area contributed by atoms with Crippen LogP contribution < -0.4 is 15.5 Å². The van der Waals surface area contributed by atoms with Gasteiger partial charge in [-0.2, -0.15) is 0 Å². The van der Waals surface area contributed by atoms with Gasteiger partial charge in [0.1, 0.15) is 0 Å². The summed E-state index contributed by atoms with van der Waals surface area (Å²) >= 11 is 0. The van der Waals surface area contributed by atoms with Gasteiger partial charge < -0.3 is 20.3 Å². The van der Waals surface area contributed by atoms with Gasteiger partial charge in [-0.25, -0.2) is 0 Å². The zero-order valence-electron chi connectivity index (χ0n) is 14.8. The molecule has 0 aliphatic carbocycles. The Bertz CT molecular complexity index is 517. The van der Waals surface area contributed by atoms with Gasteiger partial charge in [-0.15, -0.1) is 0 Å². The number of hydrogen-bond donors (Lipinski definition) is 2. The monoisotopic (exact) mass is 318 g/mol. The maximum Gasteiger partial charge on any atom is 0.191 e. The van der Waals surface area contributed by atoms with Crippen molar-refractivity contribution < 1.29 is 4.74 Å². The number of rotatable bonds is 7. The van der Waals surface area contributed by atoms with E-state index in [1.165, 1.54) is 11.3 Å². The molecule has 1 aliphatic rings. The number of nitrogens with zero attached hydrogens (tertiary/aromatic N) is 2. The Labute approximate surface area is 140 Å². The summed E-state index contributed by atoms with van der Waals surface area (Å²) in [4.78, 5) is 7.21. The zero-order chi connectivity index (χ0) is 16.7. The van der Waals surface area contributed by atoms with Crippen LogP contribution in [0.2, 0.25) is 0 Å². The molecule has 0 amide bonds. The molecular formula is C18H30N4O. The molecule has 0 spiro atoms. The van der Waals surface area contributed by atoms with E-state index < -0.39 is 0 Å². The SMILES string of the molecule is CCNC(=NCC(C)N1CCc2ccccc21)NC(C)COC. The van der Waals surface area contributed by atoms with E-state index in [0.29, 0.717) is 12.6 Å². The predicted octanol–water partition coefficient (Wildman–Crippen LogP) is 2.03. The van der Waals surface area contributed by atoms with Crippen LogP contribution in [0.3, 0.4) is 0 Å². The Morgan fingerprint density at radius 2 is 2.13 bits per heavy atom. The molecule has 2 atom stereocenters. The van der Waals surface area contributed by atoms with E-state index in [1.54, 1.807) is 7.11 Å². The van der Waals surface area contributed by atoms with Gasteiger partial charge in [0.2, 0.25) is 0 Å². The zero-order valence-corrected chi connectivity index (χ0v) is 14.8. The van der Waals surface area contributed by atoms with Crippen molar-refractivity contribution in [2.45, 2.75) is 39.3 Å². The highest BCUT2D eigenvalue weighted by atomic mass is 16.5. The smallest absolute Gasteiger partial charge is 0.191 e. The van der Waals surface area contributed by atoms with Crippen molar-refractivity contribution in [3.8, 4) is 0 Å². The minimum Gasteiger partial charge on any atom is -0.383 e. The molecule has 23 heavy (non-hydrogen) atoms. The van der Waals surface area contributed by atoms with Gasteiger partial charge in [0.25, 0.3) is 0 Å². The van der Waals surface area contributed by atoms with Crippen molar-refractivity contribution in [2.75, 3.05) is 38.3 Å². The Balaban J connectivity index is 1.96. The van der Waals surface area contributed by atoms with Crippen LogP contribution in [-0.4, -0.2) is 51.4 Å². The summed E-state index contributed by atoms with van der Waals surface area (Å²) in [5, 5.41) is 6.68. The Kier molecular flexibility index (Phi) is 6.71. The van der Waals surface area contributed by atoms with Crippen molar-refractivity contribution >= 4 is 11.6 Å². The number of hydrogen-bond acceptors (Lipinski definition) is 3. The van der Waals surface area contributed by atoms with Crippen LogP contribution in [-0.2, 0) is 11.2 Å². The van der Waals surface area contributed by atoms with E-state index in [-0.39, 0.29) is 6.04 Å². The molecule has 0 aromatic heterocycles. The van der Waals surface area contributed by atoms with Gasteiger partial charge in [0.05, 0.1) is 13.2 Å². The fourth-order valence-electron chi connectivity index (χ4n) is 2.99. The molecular weight excluding hydrogens is 288 g/mol. The first-order chi connectivity index (χ1) is 11.2. The second kappa shape index (κ2) is 8.77. The number of benzene rings is 1. The van der Waals surface area contributed by atoms with Crippen LogP contribution >= 0.6 is 0 Å². The third kappa shape index (κ3) is 4.86. The third-order valence-corrected chi connectivity index (χ3v) is 4.11. The highest BCUT2D eigenvalue weighted by Crippen LogP contribution is 2.29. The number of guanidine groups is 1. The van der Waals surface area contributed by atoms with Crippen molar-refractivity contribution in [1.29, 1.82) is 0 Å². The second-order valence-corrected chi connectivity index (χ2v) is 6.14. The summed E-state index contributed by atoms with van der Waals surface area (Å²) in [7, 11) is 1.72. The molecule has 5 nitrogen and oxygen atoms in total. The van der Waals surface area contributed by atoms with Crippen LogP contribution in [0.4, 0.5) is 5.69 Å². The summed E-state index contributed by atoms with van der Waals surface area (Å²) in [6, 6.07) is 9.30. The number of aliphatic imine (C=N–C) groups is 1. The van der Waals surface area contributed by atoms with E-state index >= 15 is 0 Å². The maximum absolute atomic E-state index is 5.18. The topological polar surface area (TPSA) is 48.9 Å². The molecule has 2 unspecified atom stereocenters. The summed E-state index contributed by atoms with van der Waals surface area (Å²) in [6.45, 7) is 9.79. The van der Waals surface area contributed by atoms with Crippen LogP contribution in [0.25, 0.3) is 0 Å². The number of anilines is 1. The molecule has 5 heteroatoms. The lowest BCUT2D eigenvalue weighted by Gasteiger charge is -2.26. The van der Waals surface area contributed by atoms with E-state index in [9.17, 15) is 0 Å². The molecule has 1 aromatic rings. The molecule has 0 saturated heterocycles. The number of fused-ring (bicyclic) bond motifs is 1. The van der Waals surface area contributed by atoms with Crippen LogP contribution in [0.15, 0.2) is 29.3 Å². The molecule has 0 bridgehead atoms. The Morgan fingerprint density at radius 1 is 1.35 bits per heavy atom. The highest BCUT2D eigenvalue weighted by Gasteiger charge is 2.22. The molecule has 2 rings (SSSR count). The largest absolute Gasteiger partial charge is 0.383 e. The van der Waals surface area contributed by atoms with E-state index in [2.05, 4.69) is 60.6 Å². The average molecular weight is 318 g/mol. The van der Waals surface area contributed by atoms with Gasteiger partial charge in [-0.3, -0.25) is 4.99 Å². The number of para-hydroxylation sites is 1. The fourth-order valence-corrected chi connectivity index (χ4v) is 2.99. The maximum atomic E-state index is 5.18. The number of nitrogens with one attached hydrogen (secondary N) is 2. The second-order valence-electron chi connectivity index (χ2n) is 6.14. The van der Waals surface area contributed by atoms with Gasteiger partial charge in [-0.05, 0) is 38.8 Å². The molecule has 1 heterocycles. The summed E-state index contributed by atoms with van der Waals surface area (Å²) in [5.74, 6) is 0.858. The lowest BCUT2D eigenvalue weighted by molar-refractivity contribution is 0.179. The summed E-state index contributed by atoms with van der Waals surface area (Å²) in [5.41, 5.74) is 2.81. The average Bonchev–Trinajstić information content (AvgIpc) is 2.97.